The second-order valence-corrected chi connectivity index (χ2v) is 4.96. The minimum absolute atomic E-state index is 0.112. The molecule has 17 heavy (non-hydrogen) atoms. The first-order chi connectivity index (χ1) is 8.06. The summed E-state index contributed by atoms with van der Waals surface area (Å²) >= 11 is 11.7. The molecule has 0 aromatic heterocycles. The lowest BCUT2D eigenvalue weighted by Gasteiger charge is -2.15. The molecule has 0 bridgehead atoms. The average Bonchev–Trinajstić information content (AvgIpc) is 3.06. The molecule has 1 aromatic carbocycles. The highest BCUT2D eigenvalue weighted by Crippen LogP contribution is 2.28. The fourth-order valence-electron chi connectivity index (χ4n) is 1.36. The van der Waals surface area contributed by atoms with Crippen molar-refractivity contribution in [1.82, 2.24) is 5.32 Å². The van der Waals surface area contributed by atoms with Gasteiger partial charge in [0.05, 0.1) is 5.02 Å². The zero-order chi connectivity index (χ0) is 12.4. The lowest BCUT2D eigenvalue weighted by atomic mass is 10.3. The zero-order valence-corrected chi connectivity index (χ0v) is 10.9. The molecule has 1 atom stereocenters. The zero-order valence-electron chi connectivity index (χ0n) is 9.37. The number of carbonyl (C=O) groups is 1. The second-order valence-electron chi connectivity index (χ2n) is 4.12. The summed E-state index contributed by atoms with van der Waals surface area (Å²) in [7, 11) is 0. The summed E-state index contributed by atoms with van der Waals surface area (Å²) in [6.07, 6.45) is 1.55. The van der Waals surface area contributed by atoms with E-state index >= 15 is 0 Å². The summed E-state index contributed by atoms with van der Waals surface area (Å²) in [5.41, 5.74) is 0. The van der Waals surface area contributed by atoms with Crippen LogP contribution in [0, 0.1) is 0 Å². The van der Waals surface area contributed by atoms with Crippen LogP contribution in [0.4, 0.5) is 0 Å². The fraction of sp³-hybridized carbons (Fsp3) is 0.417. The van der Waals surface area contributed by atoms with Crippen LogP contribution in [0.25, 0.3) is 0 Å². The summed E-state index contributed by atoms with van der Waals surface area (Å²) in [5.74, 6) is 0.355. The van der Waals surface area contributed by atoms with Gasteiger partial charge in [-0.1, -0.05) is 23.2 Å². The maximum Gasteiger partial charge on any atom is 0.260 e. The Balaban J connectivity index is 1.96. The van der Waals surface area contributed by atoms with Crippen LogP contribution >= 0.6 is 23.2 Å². The Labute approximate surface area is 110 Å². The summed E-state index contributed by atoms with van der Waals surface area (Å²) in [4.78, 5) is 11.7. The van der Waals surface area contributed by atoms with Crippen molar-refractivity contribution in [2.75, 3.05) is 0 Å². The van der Waals surface area contributed by atoms with E-state index in [1.54, 1.807) is 25.1 Å². The molecule has 0 aliphatic heterocycles. The van der Waals surface area contributed by atoms with E-state index in [2.05, 4.69) is 5.32 Å². The molecule has 1 N–H and O–H groups in total. The average molecular weight is 274 g/mol. The van der Waals surface area contributed by atoms with Crippen molar-refractivity contribution in [3.63, 3.8) is 0 Å². The molecule has 1 fully saturated rings. The third kappa shape index (κ3) is 3.51. The highest BCUT2D eigenvalue weighted by Gasteiger charge is 2.26. The molecule has 1 amide bonds. The van der Waals surface area contributed by atoms with E-state index < -0.39 is 6.10 Å². The van der Waals surface area contributed by atoms with Crippen LogP contribution in [-0.2, 0) is 4.79 Å². The number of ether oxygens (including phenoxy) is 1. The first-order valence-electron chi connectivity index (χ1n) is 5.48. The minimum Gasteiger partial charge on any atom is -0.479 e. The van der Waals surface area contributed by atoms with Crippen molar-refractivity contribution in [2.24, 2.45) is 0 Å². The Bertz CT molecular complexity index is 433. The monoisotopic (exact) mass is 273 g/mol. The Morgan fingerprint density at radius 3 is 2.76 bits per heavy atom. The normalized spacial score (nSPS) is 16.4. The maximum atomic E-state index is 11.7. The number of hydrogen-bond donors (Lipinski definition) is 1. The van der Waals surface area contributed by atoms with Gasteiger partial charge in [0.25, 0.3) is 5.91 Å². The van der Waals surface area contributed by atoms with Crippen molar-refractivity contribution in [3.8, 4) is 5.75 Å². The number of rotatable bonds is 4. The molecular weight excluding hydrogens is 261 g/mol. The van der Waals surface area contributed by atoms with Gasteiger partial charge in [-0.05, 0) is 38.0 Å². The van der Waals surface area contributed by atoms with E-state index in [1.165, 1.54) is 0 Å². The summed E-state index contributed by atoms with van der Waals surface area (Å²) in [5, 5.41) is 3.82. The van der Waals surface area contributed by atoms with Gasteiger partial charge in [0, 0.05) is 11.1 Å². The number of halogens is 2. The molecule has 1 aromatic rings. The van der Waals surface area contributed by atoms with Gasteiger partial charge in [-0.25, -0.2) is 0 Å². The third-order valence-corrected chi connectivity index (χ3v) is 3.02. The van der Waals surface area contributed by atoms with Gasteiger partial charge >= 0.3 is 0 Å². The largest absolute Gasteiger partial charge is 0.479 e. The van der Waals surface area contributed by atoms with E-state index in [0.29, 0.717) is 21.8 Å². The van der Waals surface area contributed by atoms with E-state index in [0.717, 1.165) is 12.8 Å². The first-order valence-corrected chi connectivity index (χ1v) is 6.24. The predicted molar refractivity (Wildman–Crippen MR) is 67.7 cm³/mol. The highest BCUT2D eigenvalue weighted by molar-refractivity contribution is 6.35. The standard InChI is InChI=1S/C12H13Cl2NO2/c1-7(12(16)15-9-3-4-9)17-11-5-2-8(13)6-10(11)14/h2,5-7,9H,3-4H2,1H3,(H,15,16)/t7-/m1/s1. The van der Waals surface area contributed by atoms with E-state index in [1.807, 2.05) is 0 Å². The van der Waals surface area contributed by atoms with Crippen LogP contribution in [0.15, 0.2) is 18.2 Å². The van der Waals surface area contributed by atoms with Crippen LogP contribution in [0.2, 0.25) is 10.0 Å². The topological polar surface area (TPSA) is 38.3 Å². The van der Waals surface area contributed by atoms with Crippen LogP contribution < -0.4 is 10.1 Å². The number of carbonyl (C=O) groups excluding carboxylic acids is 1. The molecule has 5 heteroatoms. The van der Waals surface area contributed by atoms with Crippen molar-refractivity contribution in [1.29, 1.82) is 0 Å². The van der Waals surface area contributed by atoms with Crippen LogP contribution in [-0.4, -0.2) is 18.1 Å². The molecule has 0 radical (unpaired) electrons. The fourth-order valence-corrected chi connectivity index (χ4v) is 1.81. The van der Waals surface area contributed by atoms with Crippen molar-refractivity contribution in [2.45, 2.75) is 31.9 Å². The minimum atomic E-state index is -0.561. The highest BCUT2D eigenvalue weighted by atomic mass is 35.5. The molecule has 1 saturated carbocycles. The summed E-state index contributed by atoms with van der Waals surface area (Å²) in [6, 6.07) is 5.25. The molecule has 3 nitrogen and oxygen atoms in total. The van der Waals surface area contributed by atoms with Crippen LogP contribution in [0.3, 0.4) is 0 Å². The molecule has 2 rings (SSSR count). The summed E-state index contributed by atoms with van der Waals surface area (Å²) in [6.45, 7) is 1.70. The van der Waals surface area contributed by atoms with E-state index in [9.17, 15) is 4.79 Å². The van der Waals surface area contributed by atoms with E-state index in [4.69, 9.17) is 27.9 Å². The van der Waals surface area contributed by atoms with Gasteiger partial charge in [-0.3, -0.25) is 4.79 Å². The van der Waals surface area contributed by atoms with Crippen LogP contribution in [0.5, 0.6) is 5.75 Å². The lowest BCUT2D eigenvalue weighted by Crippen LogP contribution is -2.37. The maximum absolute atomic E-state index is 11.7. The number of benzene rings is 1. The molecule has 0 saturated heterocycles. The van der Waals surface area contributed by atoms with Gasteiger partial charge in [0.1, 0.15) is 5.75 Å². The summed E-state index contributed by atoms with van der Waals surface area (Å²) < 4.78 is 5.49. The number of amides is 1. The Hall–Kier alpha value is -0.930. The Morgan fingerprint density at radius 1 is 1.47 bits per heavy atom. The van der Waals surface area contributed by atoms with Gasteiger partial charge in [0.15, 0.2) is 6.10 Å². The predicted octanol–water partition coefficient (Wildman–Crippen LogP) is 3.04. The molecular formula is C12H13Cl2NO2. The van der Waals surface area contributed by atoms with Crippen molar-refractivity contribution in [3.05, 3.63) is 28.2 Å². The van der Waals surface area contributed by atoms with Gasteiger partial charge < -0.3 is 10.1 Å². The van der Waals surface area contributed by atoms with E-state index in [-0.39, 0.29) is 5.91 Å². The molecule has 92 valence electrons. The molecule has 1 aliphatic rings. The molecule has 0 heterocycles. The Morgan fingerprint density at radius 2 is 2.18 bits per heavy atom. The van der Waals surface area contributed by atoms with Crippen LogP contribution in [0.1, 0.15) is 19.8 Å². The SMILES string of the molecule is C[C@@H](Oc1ccc(Cl)cc1Cl)C(=O)NC1CC1. The van der Waals surface area contributed by atoms with Crippen molar-refractivity contribution < 1.29 is 9.53 Å². The first kappa shape index (κ1) is 12.5. The van der Waals surface area contributed by atoms with Crippen molar-refractivity contribution >= 4 is 29.1 Å². The lowest BCUT2D eigenvalue weighted by molar-refractivity contribution is -0.127. The third-order valence-electron chi connectivity index (χ3n) is 2.49. The smallest absolute Gasteiger partial charge is 0.260 e. The molecule has 0 unspecified atom stereocenters. The number of hydrogen-bond acceptors (Lipinski definition) is 2. The van der Waals surface area contributed by atoms with Gasteiger partial charge in [-0.15, -0.1) is 0 Å². The van der Waals surface area contributed by atoms with Gasteiger partial charge in [-0.2, -0.15) is 0 Å². The quantitative estimate of drug-likeness (QED) is 0.916. The molecule has 0 spiro atoms. The Kier molecular flexibility index (Phi) is 3.79. The molecule has 1 aliphatic carbocycles. The number of nitrogens with one attached hydrogen (secondary N) is 1. The second kappa shape index (κ2) is 5.15. The van der Waals surface area contributed by atoms with Gasteiger partial charge in [0.2, 0.25) is 0 Å².